The van der Waals surface area contributed by atoms with Crippen LogP contribution in [0.15, 0.2) is 48.6 Å². The predicted molar refractivity (Wildman–Crippen MR) is 121 cm³/mol. The van der Waals surface area contributed by atoms with Gasteiger partial charge < -0.3 is 39.7 Å². The SMILES string of the molecule is O=C(/C=C/c1ccc(O)c(O)c1)O[C@@H]1CC2(O)C[C@@H](OC(=O)/C=C/c3ccc(O)c(O)c3)C1OC2=O. The predicted octanol–water partition coefficient (Wildman–Crippen LogP) is 1.51. The van der Waals surface area contributed by atoms with Crippen LogP contribution in [0, 0.1) is 0 Å². The minimum Gasteiger partial charge on any atom is -0.504 e. The number of aromatic hydroxyl groups is 4. The number of fused-ring (bicyclic) bond motifs is 3. The molecule has 3 fully saturated rings. The van der Waals surface area contributed by atoms with Crippen LogP contribution in [-0.2, 0) is 28.6 Å². The molecule has 0 spiro atoms. The fourth-order valence-electron chi connectivity index (χ4n) is 3.98. The summed E-state index contributed by atoms with van der Waals surface area (Å²) in [4.78, 5) is 36.8. The van der Waals surface area contributed by atoms with E-state index in [1.807, 2.05) is 0 Å². The Morgan fingerprint density at radius 2 is 1.25 bits per heavy atom. The minimum absolute atomic E-state index is 0.243. The lowest BCUT2D eigenvalue weighted by Gasteiger charge is -2.48. The Bertz CT molecular complexity index is 1180. The summed E-state index contributed by atoms with van der Waals surface area (Å²) in [6.07, 6.45) is 0.939. The number of benzene rings is 2. The van der Waals surface area contributed by atoms with Crippen molar-refractivity contribution in [3.8, 4) is 23.0 Å². The first kappa shape index (κ1) is 24.6. The zero-order chi connectivity index (χ0) is 26.0. The maximum atomic E-state index is 12.3. The third kappa shape index (κ3) is 5.26. The summed E-state index contributed by atoms with van der Waals surface area (Å²) in [7, 11) is 0. The highest BCUT2D eigenvalue weighted by atomic mass is 16.6. The van der Waals surface area contributed by atoms with E-state index in [4.69, 9.17) is 14.2 Å². The maximum Gasteiger partial charge on any atom is 0.338 e. The molecule has 0 amide bonds. The molecule has 2 heterocycles. The van der Waals surface area contributed by atoms with Crippen LogP contribution in [0.4, 0.5) is 0 Å². The van der Waals surface area contributed by atoms with Crippen molar-refractivity contribution in [3.63, 3.8) is 0 Å². The van der Waals surface area contributed by atoms with Gasteiger partial charge in [0.15, 0.2) is 34.7 Å². The smallest absolute Gasteiger partial charge is 0.338 e. The monoisotopic (exact) mass is 498 g/mol. The first-order valence-corrected chi connectivity index (χ1v) is 10.8. The van der Waals surface area contributed by atoms with Gasteiger partial charge in [-0.1, -0.05) is 12.1 Å². The van der Waals surface area contributed by atoms with E-state index in [9.17, 15) is 39.9 Å². The lowest BCUT2D eigenvalue weighted by Crippen LogP contribution is -2.65. The minimum atomic E-state index is -2.01. The summed E-state index contributed by atoms with van der Waals surface area (Å²) >= 11 is 0. The van der Waals surface area contributed by atoms with E-state index in [1.54, 1.807) is 0 Å². The Morgan fingerprint density at radius 1 is 0.806 bits per heavy atom. The first-order chi connectivity index (χ1) is 17.0. The molecule has 2 saturated heterocycles. The summed E-state index contributed by atoms with van der Waals surface area (Å²) in [6, 6.07) is 7.85. The summed E-state index contributed by atoms with van der Waals surface area (Å²) < 4.78 is 15.9. The van der Waals surface area contributed by atoms with Crippen molar-refractivity contribution in [2.45, 2.75) is 36.8 Å². The van der Waals surface area contributed by atoms with E-state index in [-0.39, 0.29) is 35.8 Å². The third-order valence-electron chi connectivity index (χ3n) is 5.79. The molecule has 1 saturated carbocycles. The number of carbonyl (C=O) groups excluding carboxylic acids is 3. The van der Waals surface area contributed by atoms with Gasteiger partial charge in [0.2, 0.25) is 0 Å². The largest absolute Gasteiger partial charge is 0.504 e. The van der Waals surface area contributed by atoms with Crippen LogP contribution in [0.5, 0.6) is 23.0 Å². The lowest BCUT2D eigenvalue weighted by atomic mass is 9.76. The molecule has 188 valence electrons. The Morgan fingerprint density at radius 3 is 1.64 bits per heavy atom. The summed E-state index contributed by atoms with van der Waals surface area (Å²) in [5.74, 6) is -3.96. The van der Waals surface area contributed by atoms with E-state index in [2.05, 4.69) is 0 Å². The van der Waals surface area contributed by atoms with Crippen molar-refractivity contribution in [1.82, 2.24) is 0 Å². The van der Waals surface area contributed by atoms with E-state index in [0.717, 1.165) is 12.2 Å². The van der Waals surface area contributed by atoms with Crippen LogP contribution in [0.1, 0.15) is 24.0 Å². The Labute approximate surface area is 204 Å². The van der Waals surface area contributed by atoms with Crippen molar-refractivity contribution in [1.29, 1.82) is 0 Å². The van der Waals surface area contributed by atoms with Gasteiger partial charge in [0, 0.05) is 25.0 Å². The van der Waals surface area contributed by atoms with Crippen molar-refractivity contribution >= 4 is 30.1 Å². The number of ether oxygens (including phenoxy) is 3. The van der Waals surface area contributed by atoms with Gasteiger partial charge in [-0.15, -0.1) is 0 Å². The molecule has 36 heavy (non-hydrogen) atoms. The van der Waals surface area contributed by atoms with Crippen LogP contribution in [-0.4, -0.2) is 67.4 Å². The second-order valence-corrected chi connectivity index (χ2v) is 8.42. The van der Waals surface area contributed by atoms with Gasteiger partial charge in [0.25, 0.3) is 0 Å². The Kier molecular flexibility index (Phi) is 6.58. The van der Waals surface area contributed by atoms with Crippen LogP contribution >= 0.6 is 0 Å². The summed E-state index contributed by atoms with van der Waals surface area (Å²) in [5, 5.41) is 48.5. The van der Waals surface area contributed by atoms with Gasteiger partial charge >= 0.3 is 17.9 Å². The molecular formula is C25H22O11. The fourth-order valence-corrected chi connectivity index (χ4v) is 3.98. The van der Waals surface area contributed by atoms with E-state index in [0.29, 0.717) is 11.1 Å². The number of phenolic OH excluding ortho intramolecular Hbond substituents is 4. The van der Waals surface area contributed by atoms with Crippen LogP contribution < -0.4 is 0 Å². The van der Waals surface area contributed by atoms with Crippen molar-refractivity contribution < 1.29 is 54.1 Å². The van der Waals surface area contributed by atoms with Crippen LogP contribution in [0.3, 0.4) is 0 Å². The number of carbonyl (C=O) groups is 3. The van der Waals surface area contributed by atoms with Gasteiger partial charge in [0.05, 0.1) is 0 Å². The highest BCUT2D eigenvalue weighted by molar-refractivity contribution is 5.89. The lowest BCUT2D eigenvalue weighted by molar-refractivity contribution is -0.247. The number of aliphatic hydroxyl groups is 1. The number of esters is 3. The topological polar surface area (TPSA) is 180 Å². The van der Waals surface area contributed by atoms with Gasteiger partial charge in [-0.2, -0.15) is 0 Å². The van der Waals surface area contributed by atoms with Crippen molar-refractivity contribution in [3.05, 3.63) is 59.7 Å². The average Bonchev–Trinajstić information content (AvgIpc) is 2.82. The van der Waals surface area contributed by atoms with Crippen molar-refractivity contribution in [2.24, 2.45) is 0 Å². The molecule has 5 rings (SSSR count). The highest BCUT2D eigenvalue weighted by Gasteiger charge is 2.60. The molecule has 2 aliphatic heterocycles. The quantitative estimate of drug-likeness (QED) is 0.169. The highest BCUT2D eigenvalue weighted by Crippen LogP contribution is 2.40. The Balaban J connectivity index is 1.42. The van der Waals surface area contributed by atoms with Crippen LogP contribution in [0.2, 0.25) is 0 Å². The molecule has 0 unspecified atom stereocenters. The molecule has 11 nitrogen and oxygen atoms in total. The van der Waals surface area contributed by atoms with Gasteiger partial charge in [-0.3, -0.25) is 0 Å². The second kappa shape index (κ2) is 9.62. The van der Waals surface area contributed by atoms with Crippen molar-refractivity contribution in [2.75, 3.05) is 0 Å². The van der Waals surface area contributed by atoms with E-state index >= 15 is 0 Å². The summed E-state index contributed by atoms with van der Waals surface area (Å²) in [5.41, 5.74) is -1.21. The summed E-state index contributed by atoms with van der Waals surface area (Å²) in [6.45, 7) is 0. The normalized spacial score (nSPS) is 25.1. The number of hydrogen-bond donors (Lipinski definition) is 5. The second-order valence-electron chi connectivity index (χ2n) is 8.42. The molecule has 1 aliphatic carbocycles. The molecule has 2 bridgehead atoms. The zero-order valence-electron chi connectivity index (χ0n) is 18.6. The van der Waals surface area contributed by atoms with Gasteiger partial charge in [0.1, 0.15) is 12.2 Å². The standard InChI is InChI=1S/C25H22O11/c26-15-5-1-13(9-17(15)28)3-7-21(30)34-19-11-25(33)12-20(23(19)36-24(25)32)35-22(31)8-4-14-2-6-16(27)18(29)10-14/h1-10,19-20,23,26-29,33H,11-12H2/b7-3+,8-4+/t19-,20-,23?,25?/m1/s1. The van der Waals surface area contributed by atoms with Crippen LogP contribution in [0.25, 0.3) is 12.2 Å². The molecule has 5 N–H and O–H groups in total. The molecule has 2 atom stereocenters. The molecule has 0 radical (unpaired) electrons. The first-order valence-electron chi connectivity index (χ1n) is 10.8. The number of rotatable bonds is 6. The third-order valence-corrected chi connectivity index (χ3v) is 5.79. The molecule has 2 aromatic carbocycles. The zero-order valence-corrected chi connectivity index (χ0v) is 18.6. The molecular weight excluding hydrogens is 476 g/mol. The van der Waals surface area contributed by atoms with E-state index in [1.165, 1.54) is 48.6 Å². The molecule has 3 aliphatic rings. The Hall–Kier alpha value is -4.51. The van der Waals surface area contributed by atoms with Gasteiger partial charge in [-0.25, -0.2) is 14.4 Å². The number of phenols is 4. The molecule has 2 aromatic rings. The van der Waals surface area contributed by atoms with E-state index < -0.39 is 41.8 Å². The maximum absolute atomic E-state index is 12.3. The number of hydrogen-bond acceptors (Lipinski definition) is 11. The average molecular weight is 498 g/mol. The molecule has 11 heteroatoms. The fraction of sp³-hybridized carbons (Fsp3) is 0.240. The van der Waals surface area contributed by atoms with Gasteiger partial charge in [-0.05, 0) is 47.5 Å². The molecule has 0 aromatic heterocycles.